The van der Waals surface area contributed by atoms with Gasteiger partial charge in [-0.2, -0.15) is 0 Å². The van der Waals surface area contributed by atoms with Gasteiger partial charge in [0.15, 0.2) is 0 Å². The van der Waals surface area contributed by atoms with Crippen LogP contribution in [-0.2, 0) is 7.05 Å². The van der Waals surface area contributed by atoms with Gasteiger partial charge in [0.2, 0.25) is 0 Å². The molecule has 0 saturated heterocycles. The molecule has 2 heterocycles. The Morgan fingerprint density at radius 1 is 1.47 bits per heavy atom. The van der Waals surface area contributed by atoms with E-state index in [1.54, 1.807) is 24.3 Å². The van der Waals surface area contributed by atoms with Gasteiger partial charge in [0.25, 0.3) is 0 Å². The molecule has 0 aliphatic carbocycles. The summed E-state index contributed by atoms with van der Waals surface area (Å²) in [5, 5.41) is 9.65. The normalized spacial score (nSPS) is 11.1. The second-order valence-corrected chi connectivity index (χ2v) is 4.35. The molecule has 80 valence electrons. The summed E-state index contributed by atoms with van der Waals surface area (Å²) in [4.78, 5) is 8.61. The molecule has 4 nitrogen and oxygen atoms in total. The molecule has 5 heteroatoms. The highest BCUT2D eigenvalue weighted by atomic mass is 32.2. The SMILES string of the molecule is Cn1cnc2c(SCCCO)nccc21. The number of imidazole rings is 1. The Bertz CT molecular complexity index is 455. The molecule has 0 amide bonds. The number of aliphatic hydroxyl groups is 1. The lowest BCUT2D eigenvalue weighted by atomic mass is 10.4. The van der Waals surface area contributed by atoms with Gasteiger partial charge in [-0.1, -0.05) is 0 Å². The van der Waals surface area contributed by atoms with Crippen LogP contribution in [0.2, 0.25) is 0 Å². The molecule has 0 bridgehead atoms. The van der Waals surface area contributed by atoms with Gasteiger partial charge in [-0.05, 0) is 12.5 Å². The summed E-state index contributed by atoms with van der Waals surface area (Å²) >= 11 is 1.64. The summed E-state index contributed by atoms with van der Waals surface area (Å²) in [6, 6.07) is 1.96. The van der Waals surface area contributed by atoms with Crippen molar-refractivity contribution in [3.05, 3.63) is 18.6 Å². The standard InChI is InChI=1S/C10H13N3OS/c1-13-7-12-9-8(13)3-4-11-10(9)15-6-2-5-14/h3-4,7,14H,2,5-6H2,1H3. The summed E-state index contributed by atoms with van der Waals surface area (Å²) < 4.78 is 1.98. The number of hydrogen-bond acceptors (Lipinski definition) is 4. The number of nitrogens with zero attached hydrogens (tertiary/aromatic N) is 3. The number of pyridine rings is 1. The monoisotopic (exact) mass is 223 g/mol. The van der Waals surface area contributed by atoms with E-state index in [-0.39, 0.29) is 6.61 Å². The highest BCUT2D eigenvalue weighted by Gasteiger charge is 2.06. The van der Waals surface area contributed by atoms with E-state index in [0.29, 0.717) is 0 Å². The first kappa shape index (κ1) is 10.4. The largest absolute Gasteiger partial charge is 0.396 e. The number of hydrogen-bond donors (Lipinski definition) is 1. The van der Waals surface area contributed by atoms with Crippen LogP contribution in [0.5, 0.6) is 0 Å². The molecule has 0 saturated carbocycles. The third kappa shape index (κ3) is 2.13. The summed E-state index contributed by atoms with van der Waals surface area (Å²) in [6.07, 6.45) is 4.38. The Morgan fingerprint density at radius 2 is 2.33 bits per heavy atom. The summed E-state index contributed by atoms with van der Waals surface area (Å²) in [6.45, 7) is 0.227. The summed E-state index contributed by atoms with van der Waals surface area (Å²) in [7, 11) is 1.97. The van der Waals surface area contributed by atoms with E-state index >= 15 is 0 Å². The third-order valence-corrected chi connectivity index (χ3v) is 3.22. The zero-order chi connectivity index (χ0) is 10.7. The quantitative estimate of drug-likeness (QED) is 0.629. The molecule has 0 aromatic carbocycles. The predicted octanol–water partition coefficient (Wildman–Crippen LogP) is 1.44. The molecule has 0 spiro atoms. The molecule has 0 radical (unpaired) electrons. The van der Waals surface area contributed by atoms with Crippen molar-refractivity contribution in [3.8, 4) is 0 Å². The summed E-state index contributed by atoms with van der Waals surface area (Å²) in [5.74, 6) is 0.874. The first-order chi connectivity index (χ1) is 7.33. The molecule has 0 atom stereocenters. The minimum absolute atomic E-state index is 0.227. The minimum atomic E-state index is 0.227. The van der Waals surface area contributed by atoms with Gasteiger partial charge in [-0.3, -0.25) is 0 Å². The maximum atomic E-state index is 8.71. The molecule has 0 aliphatic heterocycles. The summed E-state index contributed by atoms with van der Waals surface area (Å²) in [5.41, 5.74) is 2.04. The van der Waals surface area contributed by atoms with Crippen molar-refractivity contribution in [1.29, 1.82) is 0 Å². The predicted molar refractivity (Wildman–Crippen MR) is 60.9 cm³/mol. The zero-order valence-corrected chi connectivity index (χ0v) is 9.37. The average molecular weight is 223 g/mol. The Hall–Kier alpha value is -1.07. The lowest BCUT2D eigenvalue weighted by Crippen LogP contribution is -1.89. The van der Waals surface area contributed by atoms with E-state index in [1.807, 2.05) is 17.7 Å². The first-order valence-electron chi connectivity index (χ1n) is 4.82. The highest BCUT2D eigenvalue weighted by Crippen LogP contribution is 2.24. The van der Waals surface area contributed by atoms with Crippen LogP contribution in [-0.4, -0.2) is 32.0 Å². The van der Waals surface area contributed by atoms with E-state index < -0.39 is 0 Å². The fraction of sp³-hybridized carbons (Fsp3) is 0.400. The Labute approximate surface area is 92.3 Å². The average Bonchev–Trinajstić information content (AvgIpc) is 2.62. The fourth-order valence-electron chi connectivity index (χ4n) is 1.38. The van der Waals surface area contributed by atoms with E-state index in [9.17, 15) is 0 Å². The van der Waals surface area contributed by atoms with Crippen LogP contribution in [0.15, 0.2) is 23.6 Å². The Morgan fingerprint density at radius 3 is 3.13 bits per heavy atom. The smallest absolute Gasteiger partial charge is 0.124 e. The van der Waals surface area contributed by atoms with Crippen molar-refractivity contribution in [3.63, 3.8) is 0 Å². The molecule has 1 N–H and O–H groups in total. The lowest BCUT2D eigenvalue weighted by molar-refractivity contribution is 0.296. The van der Waals surface area contributed by atoms with Crippen molar-refractivity contribution in [2.75, 3.05) is 12.4 Å². The topological polar surface area (TPSA) is 50.9 Å². The van der Waals surface area contributed by atoms with Crippen molar-refractivity contribution >= 4 is 22.8 Å². The lowest BCUT2D eigenvalue weighted by Gasteiger charge is -2.00. The minimum Gasteiger partial charge on any atom is -0.396 e. The molecule has 15 heavy (non-hydrogen) atoms. The number of aromatic nitrogens is 3. The second-order valence-electron chi connectivity index (χ2n) is 3.26. The molecular weight excluding hydrogens is 210 g/mol. The first-order valence-corrected chi connectivity index (χ1v) is 5.81. The zero-order valence-electron chi connectivity index (χ0n) is 8.55. The number of thioether (sulfide) groups is 1. The molecule has 2 aromatic heterocycles. The Kier molecular flexibility index (Phi) is 3.23. The van der Waals surface area contributed by atoms with Gasteiger partial charge in [-0.15, -0.1) is 11.8 Å². The van der Waals surface area contributed by atoms with Crippen LogP contribution in [0, 0.1) is 0 Å². The van der Waals surface area contributed by atoms with Crippen molar-refractivity contribution in [2.24, 2.45) is 7.05 Å². The number of aryl methyl sites for hydroxylation is 1. The van der Waals surface area contributed by atoms with Crippen molar-refractivity contribution in [1.82, 2.24) is 14.5 Å². The fourth-order valence-corrected chi connectivity index (χ4v) is 2.27. The number of aliphatic hydroxyl groups excluding tert-OH is 1. The Balaban J connectivity index is 2.26. The van der Waals surface area contributed by atoms with Gasteiger partial charge >= 0.3 is 0 Å². The van der Waals surface area contributed by atoms with Crippen LogP contribution in [0.4, 0.5) is 0 Å². The van der Waals surface area contributed by atoms with Gasteiger partial charge in [0.05, 0.1) is 11.8 Å². The molecule has 0 fully saturated rings. The second kappa shape index (κ2) is 4.63. The van der Waals surface area contributed by atoms with E-state index in [0.717, 1.165) is 28.2 Å². The van der Waals surface area contributed by atoms with Crippen LogP contribution < -0.4 is 0 Å². The third-order valence-electron chi connectivity index (χ3n) is 2.15. The van der Waals surface area contributed by atoms with Crippen molar-refractivity contribution < 1.29 is 5.11 Å². The van der Waals surface area contributed by atoms with Crippen LogP contribution in [0.25, 0.3) is 11.0 Å². The van der Waals surface area contributed by atoms with Gasteiger partial charge in [0, 0.05) is 25.6 Å². The van der Waals surface area contributed by atoms with E-state index in [1.165, 1.54) is 0 Å². The van der Waals surface area contributed by atoms with E-state index in [2.05, 4.69) is 9.97 Å². The molecule has 0 aliphatic rings. The maximum absolute atomic E-state index is 8.71. The number of fused-ring (bicyclic) bond motifs is 1. The highest BCUT2D eigenvalue weighted by molar-refractivity contribution is 7.99. The van der Waals surface area contributed by atoms with Crippen molar-refractivity contribution in [2.45, 2.75) is 11.4 Å². The maximum Gasteiger partial charge on any atom is 0.124 e. The molecule has 2 aromatic rings. The van der Waals surface area contributed by atoms with Gasteiger partial charge in [-0.25, -0.2) is 9.97 Å². The van der Waals surface area contributed by atoms with Gasteiger partial charge in [0.1, 0.15) is 10.5 Å². The van der Waals surface area contributed by atoms with Gasteiger partial charge < -0.3 is 9.67 Å². The van der Waals surface area contributed by atoms with E-state index in [4.69, 9.17) is 5.11 Å². The van der Waals surface area contributed by atoms with Crippen LogP contribution >= 0.6 is 11.8 Å². The van der Waals surface area contributed by atoms with Crippen LogP contribution in [0.1, 0.15) is 6.42 Å². The van der Waals surface area contributed by atoms with Crippen LogP contribution in [0.3, 0.4) is 0 Å². The number of rotatable bonds is 4. The molecule has 0 unspecified atom stereocenters. The molecular formula is C10H13N3OS. The molecule has 2 rings (SSSR count).